The van der Waals surface area contributed by atoms with Crippen molar-refractivity contribution in [3.8, 4) is 0 Å². The average Bonchev–Trinajstić information content (AvgIpc) is 3.26. The van der Waals surface area contributed by atoms with Crippen LogP contribution in [0.15, 0.2) is 29.3 Å². The quantitative estimate of drug-likeness (QED) is 0.427. The van der Waals surface area contributed by atoms with Crippen molar-refractivity contribution < 1.29 is 14.3 Å². The first-order valence-corrected chi connectivity index (χ1v) is 10.4. The largest absolute Gasteiger partial charge is 0.375 e. The molecule has 2 N–H and O–H groups in total. The van der Waals surface area contributed by atoms with Gasteiger partial charge in [-0.1, -0.05) is 11.6 Å². The van der Waals surface area contributed by atoms with E-state index in [0.29, 0.717) is 30.3 Å². The van der Waals surface area contributed by atoms with Crippen LogP contribution >= 0.6 is 11.6 Å². The van der Waals surface area contributed by atoms with Crippen LogP contribution in [0, 0.1) is 0 Å². The van der Waals surface area contributed by atoms with Gasteiger partial charge in [0.15, 0.2) is 5.96 Å². The van der Waals surface area contributed by atoms with E-state index in [1.54, 1.807) is 24.3 Å². The first-order valence-electron chi connectivity index (χ1n) is 9.97. The lowest BCUT2D eigenvalue weighted by molar-refractivity contribution is -0.0817. The van der Waals surface area contributed by atoms with Crippen LogP contribution < -0.4 is 10.6 Å². The molecule has 3 rings (SSSR count). The Kier molecular flexibility index (Phi) is 7.94. The smallest absolute Gasteiger partial charge is 0.251 e. The molecular weight excluding hydrogens is 380 g/mol. The highest BCUT2D eigenvalue weighted by atomic mass is 35.5. The minimum atomic E-state index is -0.123. The molecule has 0 spiro atoms. The average molecular weight is 409 g/mol. The van der Waals surface area contributed by atoms with Gasteiger partial charge in [-0.15, -0.1) is 0 Å². The van der Waals surface area contributed by atoms with Crippen LogP contribution in [0.4, 0.5) is 0 Å². The van der Waals surface area contributed by atoms with Gasteiger partial charge >= 0.3 is 0 Å². The first kappa shape index (κ1) is 20.9. The maximum Gasteiger partial charge on any atom is 0.251 e. The van der Waals surface area contributed by atoms with Crippen molar-refractivity contribution in [2.45, 2.75) is 32.0 Å². The fraction of sp³-hybridized carbons (Fsp3) is 0.600. The second kappa shape index (κ2) is 10.6. The van der Waals surface area contributed by atoms with E-state index in [1.165, 1.54) is 0 Å². The van der Waals surface area contributed by atoms with E-state index in [0.717, 1.165) is 45.0 Å². The molecule has 2 saturated heterocycles. The molecule has 1 amide bonds. The molecule has 154 valence electrons. The molecule has 8 heteroatoms. The van der Waals surface area contributed by atoms with Gasteiger partial charge in [-0.2, -0.15) is 0 Å². The predicted octanol–water partition coefficient (Wildman–Crippen LogP) is 1.92. The van der Waals surface area contributed by atoms with Crippen LogP contribution in [0.5, 0.6) is 0 Å². The maximum atomic E-state index is 12.2. The van der Waals surface area contributed by atoms with Gasteiger partial charge in [-0.25, -0.2) is 0 Å². The zero-order valence-corrected chi connectivity index (χ0v) is 17.1. The van der Waals surface area contributed by atoms with Crippen LogP contribution in [-0.2, 0) is 9.47 Å². The highest BCUT2D eigenvalue weighted by molar-refractivity contribution is 6.30. The van der Waals surface area contributed by atoms with Crippen LogP contribution in [0.2, 0.25) is 5.02 Å². The third-order valence-electron chi connectivity index (χ3n) is 4.87. The lowest BCUT2D eigenvalue weighted by atomic mass is 10.1. The Labute approximate surface area is 171 Å². The lowest BCUT2D eigenvalue weighted by Crippen LogP contribution is -2.53. The summed E-state index contributed by atoms with van der Waals surface area (Å²) in [5.74, 6) is 0.733. The lowest BCUT2D eigenvalue weighted by Gasteiger charge is -2.37. The number of nitrogens with one attached hydrogen (secondary N) is 2. The summed E-state index contributed by atoms with van der Waals surface area (Å²) < 4.78 is 11.7. The molecule has 28 heavy (non-hydrogen) atoms. The standard InChI is InChI=1S/C20H29ClN4O3/c1-2-22-20(25-11-13-28-18(14-25)17-4-3-12-27-17)24-10-9-23-19(26)15-5-7-16(21)8-6-15/h5-8,17-18H,2-4,9-14H2,1H3,(H,22,24)(H,23,26). The highest BCUT2D eigenvalue weighted by Gasteiger charge is 2.32. The summed E-state index contributed by atoms with van der Waals surface area (Å²) in [5.41, 5.74) is 0.591. The Bertz CT molecular complexity index is 662. The van der Waals surface area contributed by atoms with Crippen molar-refractivity contribution in [2.24, 2.45) is 4.99 Å². The molecule has 2 unspecified atom stereocenters. The van der Waals surface area contributed by atoms with E-state index in [9.17, 15) is 4.79 Å². The molecule has 1 aromatic carbocycles. The number of morpholine rings is 1. The van der Waals surface area contributed by atoms with E-state index in [-0.39, 0.29) is 18.1 Å². The second-order valence-corrected chi connectivity index (χ2v) is 7.34. The fourth-order valence-corrected chi connectivity index (χ4v) is 3.57. The number of hydrogen-bond donors (Lipinski definition) is 2. The third-order valence-corrected chi connectivity index (χ3v) is 5.12. The summed E-state index contributed by atoms with van der Waals surface area (Å²) in [4.78, 5) is 19.1. The van der Waals surface area contributed by atoms with Gasteiger partial charge in [0.2, 0.25) is 0 Å². The van der Waals surface area contributed by atoms with Crippen molar-refractivity contribution in [1.82, 2.24) is 15.5 Å². The Morgan fingerprint density at radius 2 is 2.00 bits per heavy atom. The Hall–Kier alpha value is -1.83. The molecule has 2 aliphatic heterocycles. The zero-order valence-electron chi connectivity index (χ0n) is 16.3. The summed E-state index contributed by atoms with van der Waals surface area (Å²) >= 11 is 5.86. The molecule has 0 aliphatic carbocycles. The number of rotatable bonds is 6. The van der Waals surface area contributed by atoms with Gasteiger partial charge in [-0.05, 0) is 44.0 Å². The van der Waals surface area contributed by atoms with E-state index in [1.807, 2.05) is 0 Å². The van der Waals surface area contributed by atoms with E-state index in [4.69, 9.17) is 21.1 Å². The van der Waals surface area contributed by atoms with Crippen LogP contribution in [0.25, 0.3) is 0 Å². The zero-order chi connectivity index (χ0) is 19.8. The number of halogens is 1. The van der Waals surface area contributed by atoms with Gasteiger partial charge in [0.1, 0.15) is 6.10 Å². The van der Waals surface area contributed by atoms with Gasteiger partial charge in [0, 0.05) is 43.4 Å². The summed E-state index contributed by atoms with van der Waals surface area (Å²) in [6.45, 7) is 6.88. The Morgan fingerprint density at radius 1 is 1.21 bits per heavy atom. The molecule has 1 aromatic rings. The van der Waals surface area contributed by atoms with Crippen molar-refractivity contribution in [1.29, 1.82) is 0 Å². The number of hydrogen-bond acceptors (Lipinski definition) is 4. The number of carbonyl (C=O) groups excluding carboxylic acids is 1. The van der Waals surface area contributed by atoms with E-state index < -0.39 is 0 Å². The molecule has 0 saturated carbocycles. The first-order chi connectivity index (χ1) is 13.7. The second-order valence-electron chi connectivity index (χ2n) is 6.91. The SMILES string of the molecule is CCNC(=NCCNC(=O)c1ccc(Cl)cc1)N1CCOC(C2CCCO2)C1. The molecule has 0 bridgehead atoms. The van der Waals surface area contributed by atoms with Crippen LogP contribution in [0.3, 0.4) is 0 Å². The Balaban J connectivity index is 1.50. The van der Waals surface area contributed by atoms with Gasteiger partial charge < -0.3 is 25.0 Å². The minimum absolute atomic E-state index is 0.0877. The summed E-state index contributed by atoms with van der Waals surface area (Å²) in [6.07, 6.45) is 2.43. The monoisotopic (exact) mass is 408 g/mol. The van der Waals surface area contributed by atoms with Crippen molar-refractivity contribution >= 4 is 23.5 Å². The molecule has 2 aliphatic rings. The van der Waals surface area contributed by atoms with Crippen molar-refractivity contribution in [3.63, 3.8) is 0 Å². The Morgan fingerprint density at radius 3 is 2.71 bits per heavy atom. The maximum absolute atomic E-state index is 12.2. The molecule has 7 nitrogen and oxygen atoms in total. The molecule has 2 fully saturated rings. The number of nitrogens with zero attached hydrogens (tertiary/aromatic N) is 2. The number of carbonyl (C=O) groups is 1. The number of benzene rings is 1. The van der Waals surface area contributed by atoms with Gasteiger partial charge in [-0.3, -0.25) is 9.79 Å². The normalized spacial score (nSPS) is 22.9. The molecular formula is C20H29ClN4O3. The van der Waals surface area contributed by atoms with Crippen molar-refractivity contribution in [2.75, 3.05) is 45.9 Å². The van der Waals surface area contributed by atoms with E-state index >= 15 is 0 Å². The number of guanidine groups is 1. The third kappa shape index (κ3) is 5.83. The van der Waals surface area contributed by atoms with Crippen LogP contribution in [-0.4, -0.2) is 74.9 Å². The fourth-order valence-electron chi connectivity index (χ4n) is 3.45. The highest BCUT2D eigenvalue weighted by Crippen LogP contribution is 2.21. The topological polar surface area (TPSA) is 75.2 Å². The van der Waals surface area contributed by atoms with Gasteiger partial charge in [0.25, 0.3) is 5.91 Å². The number of amides is 1. The summed E-state index contributed by atoms with van der Waals surface area (Å²) in [7, 11) is 0. The van der Waals surface area contributed by atoms with Gasteiger partial charge in [0.05, 0.1) is 19.3 Å². The number of ether oxygens (including phenoxy) is 2. The van der Waals surface area contributed by atoms with Crippen molar-refractivity contribution in [3.05, 3.63) is 34.9 Å². The molecule has 0 radical (unpaired) electrons. The predicted molar refractivity (Wildman–Crippen MR) is 110 cm³/mol. The molecule has 0 aromatic heterocycles. The molecule has 2 heterocycles. The van der Waals surface area contributed by atoms with E-state index in [2.05, 4.69) is 27.4 Å². The van der Waals surface area contributed by atoms with Crippen LogP contribution in [0.1, 0.15) is 30.1 Å². The molecule has 2 atom stereocenters. The summed E-state index contributed by atoms with van der Waals surface area (Å²) in [6, 6.07) is 6.84. The number of aliphatic imine (C=N–C) groups is 1. The minimum Gasteiger partial charge on any atom is -0.375 e. The summed E-state index contributed by atoms with van der Waals surface area (Å²) in [5, 5.41) is 6.85.